The van der Waals surface area contributed by atoms with Gasteiger partial charge in [-0.25, -0.2) is 0 Å². The van der Waals surface area contributed by atoms with Gasteiger partial charge in [-0.3, -0.25) is 9.78 Å². The van der Waals surface area contributed by atoms with Crippen LogP contribution < -0.4 is 5.32 Å². The van der Waals surface area contributed by atoms with Gasteiger partial charge in [0, 0.05) is 17.1 Å². The lowest BCUT2D eigenvalue weighted by Crippen LogP contribution is -2.15. The summed E-state index contributed by atoms with van der Waals surface area (Å²) in [6, 6.07) is 21.6. The molecule has 0 aliphatic heterocycles. The number of pyridine rings is 1. The summed E-state index contributed by atoms with van der Waals surface area (Å²) in [5, 5.41) is 4.47. The first kappa shape index (κ1) is 19.2. The summed E-state index contributed by atoms with van der Waals surface area (Å²) in [5.41, 5.74) is 6.44. The molecule has 0 atom stereocenters. The predicted molar refractivity (Wildman–Crippen MR) is 120 cm³/mol. The Morgan fingerprint density at radius 3 is 2.52 bits per heavy atom. The van der Waals surface area contributed by atoms with E-state index < -0.39 is 0 Å². The normalized spacial score (nSPS) is 10.9. The first-order valence-electron chi connectivity index (χ1n) is 9.51. The van der Waals surface area contributed by atoms with E-state index in [1.807, 2.05) is 43.3 Å². The third kappa shape index (κ3) is 4.01. The monoisotopic (exact) mass is 400 g/mol. The highest BCUT2D eigenvalue weighted by atomic mass is 35.5. The molecule has 0 saturated carbocycles. The Hall–Kier alpha value is -3.17. The summed E-state index contributed by atoms with van der Waals surface area (Å²) >= 11 is 6.28. The van der Waals surface area contributed by atoms with Crippen LogP contribution in [-0.2, 0) is 6.42 Å². The van der Waals surface area contributed by atoms with Gasteiger partial charge in [0.15, 0.2) is 0 Å². The van der Waals surface area contributed by atoms with Gasteiger partial charge in [-0.1, -0.05) is 48.0 Å². The van der Waals surface area contributed by atoms with E-state index in [1.54, 1.807) is 18.3 Å². The third-order valence-corrected chi connectivity index (χ3v) is 5.50. The summed E-state index contributed by atoms with van der Waals surface area (Å²) in [7, 11) is 0. The van der Waals surface area contributed by atoms with E-state index in [2.05, 4.69) is 35.4 Å². The molecule has 0 radical (unpaired) electrons. The van der Waals surface area contributed by atoms with Crippen LogP contribution in [0.3, 0.4) is 0 Å². The average Bonchev–Trinajstić information content (AvgIpc) is 2.73. The Labute approximate surface area is 175 Å². The van der Waals surface area contributed by atoms with E-state index in [0.717, 1.165) is 16.5 Å². The molecule has 0 bridgehead atoms. The minimum absolute atomic E-state index is 0.145. The Morgan fingerprint density at radius 1 is 0.966 bits per heavy atom. The fourth-order valence-corrected chi connectivity index (χ4v) is 3.69. The molecule has 4 rings (SSSR count). The predicted octanol–water partition coefficient (Wildman–Crippen LogP) is 6.35. The number of benzene rings is 3. The fourth-order valence-electron chi connectivity index (χ4n) is 3.48. The molecule has 1 heterocycles. The lowest BCUT2D eigenvalue weighted by atomic mass is 9.94. The van der Waals surface area contributed by atoms with E-state index >= 15 is 0 Å². The molecule has 0 aliphatic carbocycles. The number of carbonyl (C=O) groups excluding carboxylic acids is 1. The quantitative estimate of drug-likeness (QED) is 0.433. The van der Waals surface area contributed by atoms with Gasteiger partial charge in [0.25, 0.3) is 5.91 Å². The van der Waals surface area contributed by atoms with Gasteiger partial charge in [0.1, 0.15) is 0 Å². The zero-order chi connectivity index (χ0) is 20.4. The van der Waals surface area contributed by atoms with Crippen LogP contribution in [-0.4, -0.2) is 10.9 Å². The molecule has 1 amide bonds. The molecule has 0 spiro atoms. The Morgan fingerprint density at radius 2 is 1.72 bits per heavy atom. The molecular weight excluding hydrogens is 380 g/mol. The number of aromatic nitrogens is 1. The van der Waals surface area contributed by atoms with Crippen molar-refractivity contribution >= 4 is 34.1 Å². The van der Waals surface area contributed by atoms with Crippen molar-refractivity contribution in [3.8, 4) is 0 Å². The van der Waals surface area contributed by atoms with Crippen LogP contribution >= 0.6 is 11.6 Å². The van der Waals surface area contributed by atoms with Gasteiger partial charge < -0.3 is 5.32 Å². The lowest BCUT2D eigenvalue weighted by Gasteiger charge is -2.14. The molecule has 0 fully saturated rings. The Balaban J connectivity index is 1.72. The van der Waals surface area contributed by atoms with Crippen molar-refractivity contribution in [2.75, 3.05) is 5.32 Å². The van der Waals surface area contributed by atoms with Crippen molar-refractivity contribution in [3.05, 3.63) is 106 Å². The van der Waals surface area contributed by atoms with Crippen LogP contribution in [0.15, 0.2) is 72.9 Å². The highest BCUT2D eigenvalue weighted by molar-refractivity contribution is 6.36. The molecule has 1 N–H and O–H groups in total. The van der Waals surface area contributed by atoms with Crippen molar-refractivity contribution < 1.29 is 4.79 Å². The molecule has 1 aromatic heterocycles. The smallest absolute Gasteiger partial charge is 0.256 e. The maximum absolute atomic E-state index is 13.2. The van der Waals surface area contributed by atoms with Crippen LogP contribution in [0, 0.1) is 13.8 Å². The SMILES string of the molecule is Cc1cc(Cc2ccccc2)c(C(=O)Nc2ccc(Cl)c3cccnc23)cc1C. The minimum atomic E-state index is -0.145. The van der Waals surface area contributed by atoms with E-state index in [1.165, 1.54) is 11.1 Å². The standard InChI is InChI=1S/C25H21ClN2O/c1-16-13-19(15-18-7-4-3-5-8-18)21(14-17(16)2)25(29)28-23-11-10-22(26)20-9-6-12-27-24(20)23/h3-14H,15H2,1-2H3,(H,28,29). The average molecular weight is 401 g/mol. The summed E-state index contributed by atoms with van der Waals surface area (Å²) in [5.74, 6) is -0.145. The van der Waals surface area contributed by atoms with Crippen LogP contribution in [0.2, 0.25) is 5.02 Å². The summed E-state index contributed by atoms with van der Waals surface area (Å²) in [4.78, 5) is 17.7. The molecule has 144 valence electrons. The van der Waals surface area contributed by atoms with Crippen molar-refractivity contribution in [2.45, 2.75) is 20.3 Å². The van der Waals surface area contributed by atoms with Crippen molar-refractivity contribution in [1.29, 1.82) is 0 Å². The number of fused-ring (bicyclic) bond motifs is 1. The van der Waals surface area contributed by atoms with E-state index in [0.29, 0.717) is 28.2 Å². The second kappa shape index (κ2) is 8.06. The molecule has 4 heteroatoms. The summed E-state index contributed by atoms with van der Waals surface area (Å²) < 4.78 is 0. The highest BCUT2D eigenvalue weighted by Crippen LogP contribution is 2.29. The van der Waals surface area contributed by atoms with Gasteiger partial charge in [0.2, 0.25) is 0 Å². The first-order chi connectivity index (χ1) is 14.0. The van der Waals surface area contributed by atoms with Gasteiger partial charge in [-0.15, -0.1) is 0 Å². The second-order valence-corrected chi connectivity index (χ2v) is 7.61. The first-order valence-corrected chi connectivity index (χ1v) is 9.89. The molecule has 0 saturated heterocycles. The largest absolute Gasteiger partial charge is 0.320 e. The van der Waals surface area contributed by atoms with Gasteiger partial charge in [-0.05, 0) is 72.9 Å². The van der Waals surface area contributed by atoms with Crippen molar-refractivity contribution in [2.24, 2.45) is 0 Å². The molecule has 3 nitrogen and oxygen atoms in total. The van der Waals surface area contributed by atoms with Gasteiger partial charge in [-0.2, -0.15) is 0 Å². The number of halogens is 1. The van der Waals surface area contributed by atoms with E-state index in [4.69, 9.17) is 11.6 Å². The van der Waals surface area contributed by atoms with Crippen LogP contribution in [0.5, 0.6) is 0 Å². The Bertz CT molecular complexity index is 1200. The third-order valence-electron chi connectivity index (χ3n) is 5.17. The molecule has 0 aliphatic rings. The molecule has 3 aromatic carbocycles. The number of nitrogens with zero attached hydrogens (tertiary/aromatic N) is 1. The van der Waals surface area contributed by atoms with Gasteiger partial charge in [0.05, 0.1) is 16.2 Å². The van der Waals surface area contributed by atoms with Crippen molar-refractivity contribution in [3.63, 3.8) is 0 Å². The van der Waals surface area contributed by atoms with Crippen LogP contribution in [0.1, 0.15) is 32.6 Å². The summed E-state index contributed by atoms with van der Waals surface area (Å²) in [6.07, 6.45) is 2.40. The number of anilines is 1. The van der Waals surface area contributed by atoms with Crippen molar-refractivity contribution in [1.82, 2.24) is 4.98 Å². The number of hydrogen-bond acceptors (Lipinski definition) is 2. The zero-order valence-electron chi connectivity index (χ0n) is 16.4. The number of hydrogen-bond donors (Lipinski definition) is 1. The topological polar surface area (TPSA) is 42.0 Å². The number of aryl methyl sites for hydroxylation is 2. The molecular formula is C25H21ClN2O. The number of amides is 1. The Kier molecular flexibility index (Phi) is 5.32. The number of nitrogens with one attached hydrogen (secondary N) is 1. The van der Waals surface area contributed by atoms with E-state index in [-0.39, 0.29) is 5.91 Å². The lowest BCUT2D eigenvalue weighted by molar-refractivity contribution is 0.102. The minimum Gasteiger partial charge on any atom is -0.320 e. The van der Waals surface area contributed by atoms with Crippen LogP contribution in [0.25, 0.3) is 10.9 Å². The maximum atomic E-state index is 13.2. The van der Waals surface area contributed by atoms with Gasteiger partial charge >= 0.3 is 0 Å². The maximum Gasteiger partial charge on any atom is 0.256 e. The zero-order valence-corrected chi connectivity index (χ0v) is 17.1. The molecule has 0 unspecified atom stereocenters. The number of carbonyl (C=O) groups is 1. The summed E-state index contributed by atoms with van der Waals surface area (Å²) in [6.45, 7) is 4.10. The van der Waals surface area contributed by atoms with Crippen LogP contribution in [0.4, 0.5) is 5.69 Å². The number of rotatable bonds is 4. The highest BCUT2D eigenvalue weighted by Gasteiger charge is 2.16. The molecule has 29 heavy (non-hydrogen) atoms. The van der Waals surface area contributed by atoms with E-state index in [9.17, 15) is 4.79 Å². The second-order valence-electron chi connectivity index (χ2n) is 7.20. The molecule has 4 aromatic rings. The fraction of sp³-hybridized carbons (Fsp3) is 0.120.